The van der Waals surface area contributed by atoms with Crippen molar-refractivity contribution in [1.82, 2.24) is 0 Å². The van der Waals surface area contributed by atoms with Gasteiger partial charge in [-0.1, -0.05) is 0 Å². The summed E-state index contributed by atoms with van der Waals surface area (Å²) >= 11 is 0. The summed E-state index contributed by atoms with van der Waals surface area (Å²) in [6, 6.07) is 0. The minimum Gasteiger partial charge on any atom is -0.415 e. The third-order valence-electron chi connectivity index (χ3n) is 2.10. The number of hydrogen-bond donors (Lipinski definition) is 0. The van der Waals surface area contributed by atoms with Crippen molar-refractivity contribution >= 4 is 16.6 Å². The molecule has 6 heteroatoms. The van der Waals surface area contributed by atoms with Crippen LogP contribution in [0.1, 0.15) is 6.42 Å². The molecule has 0 aromatic heterocycles. The van der Waals surface area contributed by atoms with Crippen LogP contribution in [0.2, 0.25) is 39.3 Å². The first kappa shape index (κ1) is 19.3. The van der Waals surface area contributed by atoms with Crippen LogP contribution in [0.3, 0.4) is 0 Å². The van der Waals surface area contributed by atoms with Crippen molar-refractivity contribution in [2.45, 2.75) is 45.7 Å². The summed E-state index contributed by atoms with van der Waals surface area (Å²) in [7, 11) is -2.76. The van der Waals surface area contributed by atoms with E-state index in [1.165, 1.54) is 0 Å². The average Bonchev–Trinajstić information content (AvgIpc) is 2.22. The highest BCUT2D eigenvalue weighted by molar-refractivity contribution is 6.70. The number of rotatable bonds is 12. The maximum atomic E-state index is 5.69. The first-order valence-corrected chi connectivity index (χ1v) is 14.0. The molecule has 0 saturated carbocycles. The zero-order valence-corrected chi connectivity index (χ0v) is 15.6. The number of hydrogen-bond acceptors (Lipinski definition) is 4. The van der Waals surface area contributed by atoms with Crippen LogP contribution in [-0.4, -0.2) is 56.3 Å². The van der Waals surface area contributed by atoms with Gasteiger partial charge in [-0.3, -0.25) is 0 Å². The molecule has 0 radical (unpaired) electrons. The SMILES string of the molecule is C[Si](C)(C)OCCOCCCOCCO[Si](C)(C)C. The lowest BCUT2D eigenvalue weighted by atomic mass is 10.5. The van der Waals surface area contributed by atoms with Crippen molar-refractivity contribution in [3.63, 3.8) is 0 Å². The molecule has 0 spiro atoms. The Morgan fingerprint density at radius 2 is 0.895 bits per heavy atom. The molecule has 4 nitrogen and oxygen atoms in total. The fourth-order valence-corrected chi connectivity index (χ4v) is 2.67. The van der Waals surface area contributed by atoms with Gasteiger partial charge in [-0.05, 0) is 45.7 Å². The Hall–Kier alpha value is 0.274. The summed E-state index contributed by atoms with van der Waals surface area (Å²) < 4.78 is 22.3. The standard InChI is InChI=1S/C13H32O4Si2/c1-18(2,3)16-12-10-14-8-7-9-15-11-13-17-19(4,5)6/h7-13H2,1-6H3. The van der Waals surface area contributed by atoms with Crippen molar-refractivity contribution in [3.05, 3.63) is 0 Å². The van der Waals surface area contributed by atoms with E-state index in [2.05, 4.69) is 39.3 Å². The Kier molecular flexibility index (Phi) is 10.2. The topological polar surface area (TPSA) is 36.9 Å². The van der Waals surface area contributed by atoms with Gasteiger partial charge >= 0.3 is 0 Å². The van der Waals surface area contributed by atoms with E-state index >= 15 is 0 Å². The van der Waals surface area contributed by atoms with E-state index in [-0.39, 0.29) is 0 Å². The maximum Gasteiger partial charge on any atom is 0.183 e. The van der Waals surface area contributed by atoms with Crippen molar-refractivity contribution in [2.24, 2.45) is 0 Å². The lowest BCUT2D eigenvalue weighted by Crippen LogP contribution is -2.27. The Bertz CT molecular complexity index is 190. The van der Waals surface area contributed by atoms with Crippen LogP contribution < -0.4 is 0 Å². The molecule has 19 heavy (non-hydrogen) atoms. The molecule has 0 aromatic carbocycles. The molecule has 0 rings (SSSR count). The fraction of sp³-hybridized carbons (Fsp3) is 1.00. The van der Waals surface area contributed by atoms with Gasteiger partial charge in [0.05, 0.1) is 26.4 Å². The van der Waals surface area contributed by atoms with Crippen molar-refractivity contribution < 1.29 is 18.3 Å². The van der Waals surface area contributed by atoms with Gasteiger partial charge in [0, 0.05) is 13.2 Å². The van der Waals surface area contributed by atoms with E-state index in [1.54, 1.807) is 0 Å². The predicted octanol–water partition coefficient (Wildman–Crippen LogP) is 3.11. The van der Waals surface area contributed by atoms with Gasteiger partial charge in [0.25, 0.3) is 0 Å². The Morgan fingerprint density at radius 1 is 0.526 bits per heavy atom. The molecule has 0 aromatic rings. The van der Waals surface area contributed by atoms with E-state index < -0.39 is 16.6 Å². The van der Waals surface area contributed by atoms with E-state index in [0.29, 0.717) is 26.4 Å². The summed E-state index contributed by atoms with van der Waals surface area (Å²) in [6.45, 7) is 17.4. The summed E-state index contributed by atoms with van der Waals surface area (Å²) in [4.78, 5) is 0. The smallest absolute Gasteiger partial charge is 0.183 e. The zero-order valence-electron chi connectivity index (χ0n) is 13.6. The monoisotopic (exact) mass is 308 g/mol. The van der Waals surface area contributed by atoms with Gasteiger partial charge in [-0.2, -0.15) is 0 Å². The highest BCUT2D eigenvalue weighted by Gasteiger charge is 2.13. The highest BCUT2D eigenvalue weighted by atomic mass is 28.4. The predicted molar refractivity (Wildman–Crippen MR) is 84.9 cm³/mol. The summed E-state index contributed by atoms with van der Waals surface area (Å²) in [6.07, 6.45) is 0.930. The Balaban J connectivity index is 3.12. The lowest BCUT2D eigenvalue weighted by Gasteiger charge is -2.17. The second-order valence-electron chi connectivity index (χ2n) is 6.50. The van der Waals surface area contributed by atoms with Crippen LogP contribution in [0, 0.1) is 0 Å². The third kappa shape index (κ3) is 18.3. The minimum absolute atomic E-state index is 0.684. The van der Waals surface area contributed by atoms with Crippen LogP contribution in [0.5, 0.6) is 0 Å². The Labute approximate surface area is 121 Å². The van der Waals surface area contributed by atoms with Crippen molar-refractivity contribution in [3.8, 4) is 0 Å². The highest BCUT2D eigenvalue weighted by Crippen LogP contribution is 2.02. The van der Waals surface area contributed by atoms with Crippen LogP contribution in [0.15, 0.2) is 0 Å². The van der Waals surface area contributed by atoms with Crippen LogP contribution in [0.25, 0.3) is 0 Å². The molecule has 0 fully saturated rings. The first-order chi connectivity index (χ1) is 8.71. The third-order valence-corrected chi connectivity index (χ3v) is 4.24. The maximum absolute atomic E-state index is 5.69. The van der Waals surface area contributed by atoms with Gasteiger partial charge in [0.2, 0.25) is 0 Å². The first-order valence-electron chi connectivity index (χ1n) is 7.14. The van der Waals surface area contributed by atoms with E-state index in [0.717, 1.165) is 19.6 Å². The molecule has 0 saturated heterocycles. The van der Waals surface area contributed by atoms with Crippen LogP contribution in [-0.2, 0) is 18.3 Å². The van der Waals surface area contributed by atoms with Gasteiger partial charge in [0.1, 0.15) is 0 Å². The van der Waals surface area contributed by atoms with Crippen molar-refractivity contribution in [2.75, 3.05) is 39.6 Å². The second kappa shape index (κ2) is 10.1. The minimum atomic E-state index is -1.38. The molecule has 0 aliphatic heterocycles. The quantitative estimate of drug-likeness (QED) is 0.410. The molecule has 0 aliphatic rings. The molecule has 0 unspecified atom stereocenters. The van der Waals surface area contributed by atoms with Gasteiger partial charge in [-0.15, -0.1) is 0 Å². The van der Waals surface area contributed by atoms with Crippen LogP contribution in [0.4, 0.5) is 0 Å². The lowest BCUT2D eigenvalue weighted by molar-refractivity contribution is 0.0568. The summed E-state index contributed by atoms with van der Waals surface area (Å²) in [5.41, 5.74) is 0. The van der Waals surface area contributed by atoms with Crippen molar-refractivity contribution in [1.29, 1.82) is 0 Å². The molecule has 0 amide bonds. The molecule has 116 valence electrons. The van der Waals surface area contributed by atoms with Gasteiger partial charge in [-0.25, -0.2) is 0 Å². The van der Waals surface area contributed by atoms with E-state index in [9.17, 15) is 0 Å². The number of ether oxygens (including phenoxy) is 2. The molecule has 0 heterocycles. The Morgan fingerprint density at radius 3 is 1.21 bits per heavy atom. The summed E-state index contributed by atoms with van der Waals surface area (Å²) in [5.74, 6) is 0. The molecule has 0 N–H and O–H groups in total. The average molecular weight is 309 g/mol. The largest absolute Gasteiger partial charge is 0.415 e. The second-order valence-corrected chi connectivity index (χ2v) is 15.5. The fourth-order valence-electron chi connectivity index (χ4n) is 1.28. The van der Waals surface area contributed by atoms with Gasteiger partial charge < -0.3 is 18.3 Å². The normalized spacial score (nSPS) is 12.9. The van der Waals surface area contributed by atoms with Crippen LogP contribution >= 0.6 is 0 Å². The molecule has 0 bridgehead atoms. The van der Waals surface area contributed by atoms with Gasteiger partial charge in [0.15, 0.2) is 16.6 Å². The molecule has 0 aliphatic carbocycles. The van der Waals surface area contributed by atoms with E-state index in [4.69, 9.17) is 18.3 Å². The molecular weight excluding hydrogens is 276 g/mol. The molecular formula is C13H32O4Si2. The molecule has 0 atom stereocenters. The summed E-state index contributed by atoms with van der Waals surface area (Å²) in [5, 5.41) is 0. The van der Waals surface area contributed by atoms with E-state index in [1.807, 2.05) is 0 Å². The zero-order chi connectivity index (χ0) is 14.8.